The van der Waals surface area contributed by atoms with E-state index < -0.39 is 0 Å². The third-order valence-electron chi connectivity index (χ3n) is 4.10. The number of nitrogens with one attached hydrogen (secondary N) is 2. The maximum absolute atomic E-state index is 12.4. The predicted molar refractivity (Wildman–Crippen MR) is 115 cm³/mol. The average Bonchev–Trinajstić information content (AvgIpc) is 3.29. The normalized spacial score (nSPS) is 11.4. The van der Waals surface area contributed by atoms with Crippen molar-refractivity contribution in [2.24, 2.45) is 0 Å². The van der Waals surface area contributed by atoms with E-state index >= 15 is 0 Å². The SMILES string of the molecule is CCN(CC(=O)NC(C)(C)C)C(=O)NCc1ccc(-c2nc3ccccc3s2)o1. The van der Waals surface area contributed by atoms with Gasteiger partial charge in [0.1, 0.15) is 12.3 Å². The molecule has 2 aromatic heterocycles. The Morgan fingerprint density at radius 3 is 2.62 bits per heavy atom. The average molecular weight is 415 g/mol. The Labute approximate surface area is 174 Å². The van der Waals surface area contributed by atoms with Crippen LogP contribution in [0.3, 0.4) is 0 Å². The number of rotatable bonds is 6. The summed E-state index contributed by atoms with van der Waals surface area (Å²) in [6.45, 7) is 8.22. The summed E-state index contributed by atoms with van der Waals surface area (Å²) in [4.78, 5) is 30.5. The van der Waals surface area contributed by atoms with Gasteiger partial charge in [-0.15, -0.1) is 11.3 Å². The number of fused-ring (bicyclic) bond motifs is 1. The van der Waals surface area contributed by atoms with E-state index in [1.54, 1.807) is 11.3 Å². The summed E-state index contributed by atoms with van der Waals surface area (Å²) in [5, 5.41) is 6.47. The molecule has 154 valence electrons. The van der Waals surface area contributed by atoms with E-state index in [0.29, 0.717) is 18.1 Å². The molecule has 0 saturated carbocycles. The standard InChI is InChI=1S/C21H26N4O3S/c1-5-25(13-18(26)24-21(2,3)4)20(27)22-12-14-10-11-16(28-14)19-23-15-8-6-7-9-17(15)29-19/h6-11H,5,12-13H2,1-4H3,(H,22,27)(H,24,26). The van der Waals surface area contributed by atoms with Crippen molar-refractivity contribution in [3.63, 3.8) is 0 Å². The molecule has 0 aliphatic heterocycles. The van der Waals surface area contributed by atoms with Gasteiger partial charge in [-0.3, -0.25) is 4.79 Å². The summed E-state index contributed by atoms with van der Waals surface area (Å²) < 4.78 is 6.94. The van der Waals surface area contributed by atoms with Crippen LogP contribution in [0.1, 0.15) is 33.5 Å². The second-order valence-electron chi connectivity index (χ2n) is 7.72. The van der Waals surface area contributed by atoms with Crippen molar-refractivity contribution in [2.45, 2.75) is 39.8 Å². The van der Waals surface area contributed by atoms with Crippen LogP contribution in [-0.4, -0.2) is 40.5 Å². The third kappa shape index (κ3) is 5.57. The van der Waals surface area contributed by atoms with E-state index in [0.717, 1.165) is 15.2 Å². The van der Waals surface area contributed by atoms with Crippen molar-refractivity contribution in [1.29, 1.82) is 0 Å². The molecule has 29 heavy (non-hydrogen) atoms. The highest BCUT2D eigenvalue weighted by molar-refractivity contribution is 7.21. The van der Waals surface area contributed by atoms with Crippen LogP contribution in [0.25, 0.3) is 21.0 Å². The highest BCUT2D eigenvalue weighted by Gasteiger charge is 2.19. The summed E-state index contributed by atoms with van der Waals surface area (Å²) in [6, 6.07) is 11.3. The van der Waals surface area contributed by atoms with Gasteiger partial charge < -0.3 is 20.0 Å². The Hall–Kier alpha value is -2.87. The van der Waals surface area contributed by atoms with Crippen molar-refractivity contribution in [3.05, 3.63) is 42.2 Å². The maximum Gasteiger partial charge on any atom is 0.318 e. The molecule has 8 heteroatoms. The fourth-order valence-electron chi connectivity index (χ4n) is 2.80. The molecule has 0 aliphatic carbocycles. The smallest absolute Gasteiger partial charge is 0.318 e. The van der Waals surface area contributed by atoms with Crippen LogP contribution in [0.5, 0.6) is 0 Å². The number of aromatic nitrogens is 1. The summed E-state index contributed by atoms with van der Waals surface area (Å²) >= 11 is 1.56. The first kappa shape index (κ1) is 20.9. The van der Waals surface area contributed by atoms with Crippen molar-refractivity contribution in [3.8, 4) is 10.8 Å². The Balaban J connectivity index is 1.58. The Morgan fingerprint density at radius 2 is 1.93 bits per heavy atom. The van der Waals surface area contributed by atoms with Crippen LogP contribution in [0.4, 0.5) is 4.79 Å². The summed E-state index contributed by atoms with van der Waals surface area (Å²) in [7, 11) is 0. The number of likely N-dealkylation sites (N-methyl/N-ethyl adjacent to an activating group) is 1. The van der Waals surface area contributed by atoms with Gasteiger partial charge in [0.05, 0.1) is 16.8 Å². The molecule has 1 aromatic carbocycles. The summed E-state index contributed by atoms with van der Waals surface area (Å²) in [5.74, 6) is 1.11. The molecule has 0 spiro atoms. The van der Waals surface area contributed by atoms with Gasteiger partial charge in [-0.1, -0.05) is 12.1 Å². The molecular formula is C21H26N4O3S. The van der Waals surface area contributed by atoms with Crippen LogP contribution < -0.4 is 10.6 Å². The van der Waals surface area contributed by atoms with Crippen LogP contribution in [-0.2, 0) is 11.3 Å². The van der Waals surface area contributed by atoms with E-state index in [9.17, 15) is 9.59 Å². The molecule has 0 radical (unpaired) electrons. The van der Waals surface area contributed by atoms with Gasteiger partial charge in [0.15, 0.2) is 10.8 Å². The fourth-order valence-corrected chi connectivity index (χ4v) is 3.73. The second kappa shape index (κ2) is 8.65. The van der Waals surface area contributed by atoms with Crippen molar-refractivity contribution in [2.75, 3.05) is 13.1 Å². The number of benzene rings is 1. The molecule has 2 N–H and O–H groups in total. The van der Waals surface area contributed by atoms with Gasteiger partial charge in [-0.2, -0.15) is 0 Å². The number of carbonyl (C=O) groups excluding carboxylic acids is 2. The number of hydrogen-bond acceptors (Lipinski definition) is 5. The second-order valence-corrected chi connectivity index (χ2v) is 8.75. The van der Waals surface area contributed by atoms with Gasteiger partial charge in [-0.05, 0) is 52.0 Å². The quantitative estimate of drug-likeness (QED) is 0.638. The van der Waals surface area contributed by atoms with Gasteiger partial charge in [0, 0.05) is 12.1 Å². The van der Waals surface area contributed by atoms with Crippen molar-refractivity contribution < 1.29 is 14.0 Å². The van der Waals surface area contributed by atoms with Gasteiger partial charge in [0.25, 0.3) is 0 Å². The zero-order valence-electron chi connectivity index (χ0n) is 17.1. The number of hydrogen-bond donors (Lipinski definition) is 2. The molecule has 2 heterocycles. The first-order valence-electron chi connectivity index (χ1n) is 9.53. The molecule has 0 aliphatic rings. The van der Waals surface area contributed by atoms with Crippen LogP contribution in [0.2, 0.25) is 0 Å². The molecule has 0 fully saturated rings. The van der Waals surface area contributed by atoms with Gasteiger partial charge in [0.2, 0.25) is 5.91 Å². The lowest BCUT2D eigenvalue weighted by Gasteiger charge is -2.25. The number of thiazole rings is 1. The number of carbonyl (C=O) groups is 2. The van der Waals surface area contributed by atoms with Crippen molar-refractivity contribution in [1.82, 2.24) is 20.5 Å². The van der Waals surface area contributed by atoms with Gasteiger partial charge >= 0.3 is 6.03 Å². The highest BCUT2D eigenvalue weighted by Crippen LogP contribution is 2.31. The third-order valence-corrected chi connectivity index (χ3v) is 5.15. The number of amides is 3. The zero-order valence-corrected chi connectivity index (χ0v) is 17.9. The summed E-state index contributed by atoms with van der Waals surface area (Å²) in [6.07, 6.45) is 0. The largest absolute Gasteiger partial charge is 0.457 e. The molecule has 3 rings (SSSR count). The Bertz CT molecular complexity index is 970. The number of para-hydroxylation sites is 1. The minimum absolute atomic E-state index is 0.00864. The lowest BCUT2D eigenvalue weighted by Crippen LogP contribution is -2.49. The van der Waals surface area contributed by atoms with Gasteiger partial charge in [-0.25, -0.2) is 9.78 Å². The van der Waals surface area contributed by atoms with E-state index in [1.807, 2.05) is 64.1 Å². The molecule has 0 unspecified atom stereocenters. The van der Waals surface area contributed by atoms with Crippen LogP contribution in [0.15, 0.2) is 40.8 Å². The number of nitrogens with zero attached hydrogens (tertiary/aromatic N) is 2. The minimum Gasteiger partial charge on any atom is -0.457 e. The number of furan rings is 1. The first-order valence-corrected chi connectivity index (χ1v) is 10.4. The number of urea groups is 1. The fraction of sp³-hybridized carbons (Fsp3) is 0.381. The highest BCUT2D eigenvalue weighted by atomic mass is 32.1. The molecule has 3 amide bonds. The molecule has 0 saturated heterocycles. The molecular weight excluding hydrogens is 388 g/mol. The molecule has 0 atom stereocenters. The Morgan fingerprint density at radius 1 is 1.17 bits per heavy atom. The van der Waals surface area contributed by atoms with Crippen LogP contribution >= 0.6 is 11.3 Å². The minimum atomic E-state index is -0.335. The zero-order chi connectivity index (χ0) is 21.0. The molecule has 0 bridgehead atoms. The van der Waals surface area contributed by atoms with Crippen molar-refractivity contribution >= 4 is 33.5 Å². The van der Waals surface area contributed by atoms with E-state index in [-0.39, 0.29) is 30.6 Å². The van der Waals surface area contributed by atoms with E-state index in [2.05, 4.69) is 15.6 Å². The first-order chi connectivity index (χ1) is 13.7. The van der Waals surface area contributed by atoms with Crippen LogP contribution in [0, 0.1) is 0 Å². The predicted octanol–water partition coefficient (Wildman–Crippen LogP) is 4.00. The summed E-state index contributed by atoms with van der Waals surface area (Å²) in [5.41, 5.74) is 0.601. The Kier molecular flexibility index (Phi) is 6.22. The monoisotopic (exact) mass is 414 g/mol. The lowest BCUT2D eigenvalue weighted by atomic mass is 10.1. The molecule has 7 nitrogen and oxygen atoms in total. The molecule has 3 aromatic rings. The topological polar surface area (TPSA) is 87.5 Å². The maximum atomic E-state index is 12.4. The van der Waals surface area contributed by atoms with E-state index in [4.69, 9.17) is 4.42 Å². The lowest BCUT2D eigenvalue weighted by molar-refractivity contribution is -0.123. The van der Waals surface area contributed by atoms with E-state index in [1.165, 1.54) is 4.90 Å².